The van der Waals surface area contributed by atoms with Crippen LogP contribution in [0.15, 0.2) is 12.1 Å². The Morgan fingerprint density at radius 2 is 1.83 bits per heavy atom. The lowest BCUT2D eigenvalue weighted by molar-refractivity contribution is -0.148. The van der Waals surface area contributed by atoms with Crippen molar-refractivity contribution in [2.24, 2.45) is 11.3 Å². The molecule has 29 heavy (non-hydrogen) atoms. The zero-order chi connectivity index (χ0) is 21.8. The molecule has 6 nitrogen and oxygen atoms in total. The standard InChI is InChI=1S/C22H32FNO5/c1-22(2,3)14-7-9-15(10-8-14)24-20(25)18-16(23)11-6-13(19(18)29-5)12-17(28-4)21(26)27/h6,11,14-15,17H,7-10,12H2,1-5H3,(H,24,25)(H,26,27)/t14?,15?,17-/m0/s1. The zero-order valence-electron chi connectivity index (χ0n) is 17.9. The molecule has 0 bridgehead atoms. The molecule has 2 rings (SSSR count). The van der Waals surface area contributed by atoms with E-state index in [-0.39, 0.29) is 29.2 Å². The van der Waals surface area contributed by atoms with Gasteiger partial charge in [-0.3, -0.25) is 4.79 Å². The SMILES string of the molecule is COc1c(C[C@H](OC)C(=O)O)ccc(F)c1C(=O)NC1CCC(C(C)(C)C)CC1. The quantitative estimate of drug-likeness (QED) is 0.715. The number of aliphatic carboxylic acids is 1. The number of carboxylic acid groups (broad SMARTS) is 1. The molecule has 0 heterocycles. The smallest absolute Gasteiger partial charge is 0.333 e. The first-order valence-corrected chi connectivity index (χ1v) is 10.00. The fourth-order valence-corrected chi connectivity index (χ4v) is 4.04. The van der Waals surface area contributed by atoms with Gasteiger partial charge in [0.1, 0.15) is 17.1 Å². The fourth-order valence-electron chi connectivity index (χ4n) is 4.04. The van der Waals surface area contributed by atoms with Crippen LogP contribution in [0.5, 0.6) is 5.75 Å². The van der Waals surface area contributed by atoms with E-state index in [1.165, 1.54) is 20.3 Å². The maximum Gasteiger partial charge on any atom is 0.333 e. The number of amides is 1. The molecule has 1 aliphatic carbocycles. The molecule has 1 amide bonds. The van der Waals surface area contributed by atoms with E-state index in [9.17, 15) is 19.1 Å². The maximum atomic E-state index is 14.5. The number of halogens is 1. The molecular weight excluding hydrogens is 377 g/mol. The van der Waals surface area contributed by atoms with Gasteiger partial charge in [0, 0.05) is 19.6 Å². The van der Waals surface area contributed by atoms with E-state index >= 15 is 0 Å². The summed E-state index contributed by atoms with van der Waals surface area (Å²) < 4.78 is 24.8. The number of methoxy groups -OCH3 is 2. The third-order valence-electron chi connectivity index (χ3n) is 5.87. The second-order valence-corrected chi connectivity index (χ2v) is 8.77. The van der Waals surface area contributed by atoms with Crippen LogP contribution >= 0.6 is 0 Å². The van der Waals surface area contributed by atoms with Crippen molar-refractivity contribution in [1.29, 1.82) is 0 Å². The van der Waals surface area contributed by atoms with Crippen molar-refractivity contribution in [2.45, 2.75) is 65.0 Å². The Hall–Kier alpha value is -2.15. The van der Waals surface area contributed by atoms with E-state index in [2.05, 4.69) is 26.1 Å². The van der Waals surface area contributed by atoms with Crippen molar-refractivity contribution in [3.63, 3.8) is 0 Å². The molecule has 0 aliphatic heterocycles. The number of ether oxygens (including phenoxy) is 2. The summed E-state index contributed by atoms with van der Waals surface area (Å²) in [6, 6.07) is 2.58. The number of carboxylic acids is 1. The Kier molecular flexibility index (Phi) is 7.63. The minimum Gasteiger partial charge on any atom is -0.496 e. The van der Waals surface area contributed by atoms with E-state index in [1.807, 2.05) is 0 Å². The van der Waals surface area contributed by atoms with Crippen LogP contribution in [0.1, 0.15) is 62.4 Å². The maximum absolute atomic E-state index is 14.5. The van der Waals surface area contributed by atoms with Crippen molar-refractivity contribution in [1.82, 2.24) is 5.32 Å². The lowest BCUT2D eigenvalue weighted by Crippen LogP contribution is -2.40. The average molecular weight is 409 g/mol. The molecule has 1 aromatic carbocycles. The van der Waals surface area contributed by atoms with Gasteiger partial charge in [-0.25, -0.2) is 9.18 Å². The topological polar surface area (TPSA) is 84.9 Å². The molecule has 0 spiro atoms. The van der Waals surface area contributed by atoms with Crippen LogP contribution in [0.2, 0.25) is 0 Å². The van der Waals surface area contributed by atoms with E-state index in [0.717, 1.165) is 31.7 Å². The Balaban J connectivity index is 2.17. The molecule has 1 aromatic rings. The summed E-state index contributed by atoms with van der Waals surface area (Å²) in [7, 11) is 2.63. The molecule has 1 atom stereocenters. The summed E-state index contributed by atoms with van der Waals surface area (Å²) in [5.41, 5.74) is 0.452. The van der Waals surface area contributed by atoms with Gasteiger partial charge in [0.15, 0.2) is 6.10 Å². The zero-order valence-corrected chi connectivity index (χ0v) is 17.9. The number of carbonyl (C=O) groups is 2. The second kappa shape index (κ2) is 9.57. The molecule has 1 fully saturated rings. The normalized spacial score (nSPS) is 20.8. The third kappa shape index (κ3) is 5.69. The highest BCUT2D eigenvalue weighted by atomic mass is 19.1. The lowest BCUT2D eigenvalue weighted by Gasteiger charge is -2.37. The Morgan fingerprint density at radius 3 is 2.31 bits per heavy atom. The van der Waals surface area contributed by atoms with Gasteiger partial charge in [-0.15, -0.1) is 0 Å². The highest BCUT2D eigenvalue weighted by Crippen LogP contribution is 2.38. The average Bonchev–Trinajstić information content (AvgIpc) is 2.65. The first-order valence-electron chi connectivity index (χ1n) is 10.00. The highest BCUT2D eigenvalue weighted by Gasteiger charge is 2.31. The van der Waals surface area contributed by atoms with Crippen LogP contribution in [-0.4, -0.2) is 43.3 Å². The van der Waals surface area contributed by atoms with E-state index < -0.39 is 23.8 Å². The predicted molar refractivity (Wildman–Crippen MR) is 108 cm³/mol. The molecule has 1 aliphatic rings. The molecule has 0 unspecified atom stereocenters. The number of nitrogens with one attached hydrogen (secondary N) is 1. The fraction of sp³-hybridized carbons (Fsp3) is 0.636. The number of carbonyl (C=O) groups excluding carboxylic acids is 1. The lowest BCUT2D eigenvalue weighted by atomic mass is 9.71. The monoisotopic (exact) mass is 409 g/mol. The summed E-state index contributed by atoms with van der Waals surface area (Å²) in [5, 5.41) is 12.1. The Morgan fingerprint density at radius 1 is 1.21 bits per heavy atom. The van der Waals surface area contributed by atoms with Crippen molar-refractivity contribution >= 4 is 11.9 Å². The third-order valence-corrected chi connectivity index (χ3v) is 5.87. The summed E-state index contributed by atoms with van der Waals surface area (Å²) in [5.74, 6) is -1.72. The number of benzene rings is 1. The van der Waals surface area contributed by atoms with Gasteiger partial charge >= 0.3 is 5.97 Å². The summed E-state index contributed by atoms with van der Waals surface area (Å²) in [6.07, 6.45) is 2.58. The van der Waals surface area contributed by atoms with Crippen LogP contribution in [0.4, 0.5) is 4.39 Å². The minimum absolute atomic E-state index is 0.0143. The van der Waals surface area contributed by atoms with Gasteiger partial charge in [0.2, 0.25) is 0 Å². The van der Waals surface area contributed by atoms with Crippen molar-refractivity contribution in [3.8, 4) is 5.75 Å². The molecule has 0 saturated heterocycles. The van der Waals surface area contributed by atoms with Gasteiger partial charge < -0.3 is 19.9 Å². The van der Waals surface area contributed by atoms with Crippen molar-refractivity contribution in [2.75, 3.05) is 14.2 Å². The first kappa shape index (κ1) is 23.1. The summed E-state index contributed by atoms with van der Waals surface area (Å²) in [6.45, 7) is 6.69. The number of hydrogen-bond acceptors (Lipinski definition) is 4. The van der Waals surface area contributed by atoms with Crippen molar-refractivity contribution < 1.29 is 28.6 Å². The molecule has 162 valence electrons. The first-order chi connectivity index (χ1) is 13.6. The summed E-state index contributed by atoms with van der Waals surface area (Å²) in [4.78, 5) is 24.1. The number of hydrogen-bond donors (Lipinski definition) is 2. The Bertz CT molecular complexity index is 735. The van der Waals surface area contributed by atoms with Crippen LogP contribution in [0.25, 0.3) is 0 Å². The van der Waals surface area contributed by atoms with Gasteiger partial charge in [-0.2, -0.15) is 0 Å². The van der Waals surface area contributed by atoms with E-state index in [0.29, 0.717) is 11.5 Å². The van der Waals surface area contributed by atoms with Gasteiger partial charge in [0.25, 0.3) is 5.91 Å². The molecule has 0 aromatic heterocycles. The summed E-state index contributed by atoms with van der Waals surface area (Å²) >= 11 is 0. The van der Waals surface area contributed by atoms with Crippen LogP contribution < -0.4 is 10.1 Å². The highest BCUT2D eigenvalue weighted by molar-refractivity contribution is 5.98. The molecular formula is C22H32FNO5. The largest absolute Gasteiger partial charge is 0.496 e. The van der Waals surface area contributed by atoms with Crippen LogP contribution in [-0.2, 0) is 16.0 Å². The van der Waals surface area contributed by atoms with Gasteiger partial charge in [0.05, 0.1) is 7.11 Å². The molecule has 7 heteroatoms. The van der Waals surface area contributed by atoms with Gasteiger partial charge in [-0.05, 0) is 48.6 Å². The predicted octanol–water partition coefficient (Wildman–Crippen LogP) is 3.81. The van der Waals surface area contributed by atoms with Crippen LogP contribution in [0, 0.1) is 17.2 Å². The number of rotatable bonds is 7. The second-order valence-electron chi connectivity index (χ2n) is 8.77. The van der Waals surface area contributed by atoms with Gasteiger partial charge in [-0.1, -0.05) is 26.8 Å². The van der Waals surface area contributed by atoms with E-state index in [4.69, 9.17) is 9.47 Å². The molecule has 1 saturated carbocycles. The Labute approximate surface area is 171 Å². The van der Waals surface area contributed by atoms with E-state index in [1.54, 1.807) is 0 Å². The van der Waals surface area contributed by atoms with Crippen LogP contribution in [0.3, 0.4) is 0 Å². The molecule has 2 N–H and O–H groups in total. The molecule has 0 radical (unpaired) electrons. The minimum atomic E-state index is -1.14. The van der Waals surface area contributed by atoms with Crippen molar-refractivity contribution in [3.05, 3.63) is 29.1 Å².